The molecule has 0 radical (unpaired) electrons. The maximum atomic E-state index is 11.3. The van der Waals surface area contributed by atoms with Gasteiger partial charge in [-0.3, -0.25) is 10.1 Å². The van der Waals surface area contributed by atoms with Crippen LogP contribution in [-0.4, -0.2) is 16.3 Å². The summed E-state index contributed by atoms with van der Waals surface area (Å²) in [6.07, 6.45) is 69.1. The third-order valence-electron chi connectivity index (χ3n) is 16.1. The Balaban J connectivity index is 0. The normalized spacial score (nSPS) is 12.1. The van der Waals surface area contributed by atoms with Crippen molar-refractivity contribution in [2.75, 3.05) is 0 Å². The average molecular weight is 997 g/mol. The first-order valence-corrected chi connectivity index (χ1v) is 31.2. The van der Waals surface area contributed by atoms with Crippen LogP contribution in [0.4, 0.5) is 4.79 Å². The molecular weight excluding hydrogens is 873 g/mol. The number of urea groups is 1. The number of carbonyl (C=O) groups excluding carboxylic acids is 2. The van der Waals surface area contributed by atoms with Crippen LogP contribution in [0.2, 0.25) is 0 Å². The molecule has 0 spiro atoms. The van der Waals surface area contributed by atoms with E-state index in [-0.39, 0.29) is 5.91 Å². The SMILES string of the molecule is CCC(Br)(CC)C(=O)NC(N)=O.CCCCCCCCCCC(CC)(CCCCCCCCCC)C(CCCCCCCCCC)(CCCCCCCCCC)CCCCCCCCCC. The van der Waals surface area contributed by atoms with E-state index in [0.29, 0.717) is 23.7 Å². The molecule has 0 heterocycles. The molecule has 5 heteroatoms. The van der Waals surface area contributed by atoms with Crippen molar-refractivity contribution in [3.63, 3.8) is 0 Å². The van der Waals surface area contributed by atoms with E-state index < -0.39 is 10.4 Å². The minimum Gasteiger partial charge on any atom is -0.351 e. The maximum Gasteiger partial charge on any atom is 0.318 e. The predicted molar refractivity (Wildman–Crippen MR) is 301 cm³/mol. The van der Waals surface area contributed by atoms with Crippen molar-refractivity contribution in [3.05, 3.63) is 0 Å². The number of amides is 3. The molecule has 0 atom stereocenters. The van der Waals surface area contributed by atoms with E-state index in [2.05, 4.69) is 57.5 Å². The molecule has 0 saturated carbocycles. The predicted octanol–water partition coefficient (Wildman–Crippen LogP) is 22.2. The molecule has 0 rings (SSSR count). The Labute approximate surface area is 425 Å². The van der Waals surface area contributed by atoms with Gasteiger partial charge in [-0.1, -0.05) is 328 Å². The third-order valence-corrected chi connectivity index (χ3v) is 17.6. The van der Waals surface area contributed by atoms with Crippen LogP contribution in [0.1, 0.15) is 364 Å². The van der Waals surface area contributed by atoms with Crippen LogP contribution in [0.5, 0.6) is 0 Å². The fraction of sp³-hybridized carbons (Fsp3) is 0.967. The van der Waals surface area contributed by atoms with Gasteiger partial charge in [0.2, 0.25) is 5.91 Å². The Hall–Kier alpha value is -0.580. The lowest BCUT2D eigenvalue weighted by Crippen LogP contribution is -2.46. The second-order valence-electron chi connectivity index (χ2n) is 21.5. The molecule has 0 aromatic heterocycles. The number of hydrogen-bond acceptors (Lipinski definition) is 2. The van der Waals surface area contributed by atoms with Crippen LogP contribution in [0.25, 0.3) is 0 Å². The first-order chi connectivity index (χ1) is 32.1. The van der Waals surface area contributed by atoms with Gasteiger partial charge >= 0.3 is 6.03 Å². The van der Waals surface area contributed by atoms with Gasteiger partial charge in [-0.2, -0.15) is 0 Å². The number of halogens is 1. The van der Waals surface area contributed by atoms with Crippen LogP contribution in [0.3, 0.4) is 0 Å². The second kappa shape index (κ2) is 49.4. The molecule has 0 bridgehead atoms. The summed E-state index contributed by atoms with van der Waals surface area (Å²) in [7, 11) is 0. The first-order valence-electron chi connectivity index (χ1n) is 30.4. The highest BCUT2D eigenvalue weighted by molar-refractivity contribution is 9.10. The minimum atomic E-state index is -0.814. The standard InChI is InChI=1S/C54H110.C7H13BrN2O2/c1-7-13-18-23-28-33-38-43-48-53(12-6,49-44-39-34-29-24-19-14-8-2)54(50-45-40-35-30-25-20-15-9-3,51-46-41-36-31-26-21-16-10-4)52-47-42-37-32-27-22-17-11-5;1-3-7(8,4-2)5(11)10-6(9)12/h7-52H2,1-6H3;3-4H2,1-2H3,(H3,9,10,11,12). The monoisotopic (exact) mass is 995 g/mol. The Morgan fingerprint density at radius 2 is 0.515 bits per heavy atom. The molecule has 396 valence electrons. The van der Waals surface area contributed by atoms with Gasteiger partial charge in [0.1, 0.15) is 4.32 Å². The maximum absolute atomic E-state index is 11.3. The summed E-state index contributed by atoms with van der Waals surface area (Å²) < 4.78 is -0.665. The number of imide groups is 1. The zero-order valence-corrected chi connectivity index (χ0v) is 48.3. The van der Waals surface area contributed by atoms with E-state index in [9.17, 15) is 9.59 Å². The summed E-state index contributed by atoms with van der Waals surface area (Å²) in [5.74, 6) is -0.375. The first kappa shape index (κ1) is 67.5. The summed E-state index contributed by atoms with van der Waals surface area (Å²) >= 11 is 3.26. The third kappa shape index (κ3) is 36.4. The van der Waals surface area contributed by atoms with Gasteiger partial charge in [0.05, 0.1) is 0 Å². The molecule has 0 fully saturated rings. The lowest BCUT2D eigenvalue weighted by Gasteiger charge is -2.53. The molecule has 0 aliphatic carbocycles. The zero-order valence-electron chi connectivity index (χ0n) is 46.7. The number of nitrogens with one attached hydrogen (secondary N) is 1. The van der Waals surface area contributed by atoms with Crippen LogP contribution >= 0.6 is 15.9 Å². The van der Waals surface area contributed by atoms with Crippen molar-refractivity contribution in [2.45, 2.75) is 368 Å². The fourth-order valence-electron chi connectivity index (χ4n) is 11.3. The van der Waals surface area contributed by atoms with E-state index in [1.165, 1.54) is 263 Å². The summed E-state index contributed by atoms with van der Waals surface area (Å²) in [6.45, 7) is 18.2. The molecule has 66 heavy (non-hydrogen) atoms. The highest BCUT2D eigenvalue weighted by atomic mass is 79.9. The van der Waals surface area contributed by atoms with Crippen LogP contribution in [0, 0.1) is 10.8 Å². The highest BCUT2D eigenvalue weighted by Crippen LogP contribution is 2.58. The van der Waals surface area contributed by atoms with E-state index in [1.54, 1.807) is 32.1 Å². The van der Waals surface area contributed by atoms with Gasteiger partial charge in [0, 0.05) is 0 Å². The van der Waals surface area contributed by atoms with Gasteiger partial charge in [-0.15, -0.1) is 0 Å². The number of carbonyl (C=O) groups is 2. The van der Waals surface area contributed by atoms with E-state index in [1.807, 2.05) is 19.2 Å². The van der Waals surface area contributed by atoms with E-state index in [4.69, 9.17) is 5.73 Å². The van der Waals surface area contributed by atoms with Gasteiger partial charge in [-0.05, 0) is 62.2 Å². The smallest absolute Gasteiger partial charge is 0.318 e. The molecule has 0 aromatic carbocycles. The Kier molecular flexibility index (Phi) is 50.5. The fourth-order valence-corrected chi connectivity index (χ4v) is 11.4. The van der Waals surface area contributed by atoms with Crippen molar-refractivity contribution < 1.29 is 9.59 Å². The molecule has 4 nitrogen and oxygen atoms in total. The summed E-state index contributed by atoms with van der Waals surface area (Å²) in [5.41, 5.74) is 5.96. The molecular formula is C61H123BrN2O2. The molecule has 0 aliphatic heterocycles. The van der Waals surface area contributed by atoms with Gasteiger partial charge in [-0.25, -0.2) is 4.79 Å². The topological polar surface area (TPSA) is 72.2 Å². The molecule has 0 saturated heterocycles. The van der Waals surface area contributed by atoms with Crippen LogP contribution in [-0.2, 0) is 4.79 Å². The summed E-state index contributed by atoms with van der Waals surface area (Å²) in [4.78, 5) is 21.6. The number of rotatable bonds is 50. The second-order valence-corrected chi connectivity index (χ2v) is 23.0. The van der Waals surface area contributed by atoms with Gasteiger partial charge < -0.3 is 5.73 Å². The largest absolute Gasteiger partial charge is 0.351 e. The number of unbranched alkanes of at least 4 members (excludes halogenated alkanes) is 35. The van der Waals surface area contributed by atoms with Crippen LogP contribution in [0.15, 0.2) is 0 Å². The number of primary amides is 1. The number of nitrogens with two attached hydrogens (primary N) is 1. The van der Waals surface area contributed by atoms with Gasteiger partial charge in [0.15, 0.2) is 0 Å². The molecule has 3 amide bonds. The van der Waals surface area contributed by atoms with Crippen molar-refractivity contribution in [1.29, 1.82) is 0 Å². The van der Waals surface area contributed by atoms with Crippen molar-refractivity contribution >= 4 is 27.9 Å². The number of hydrogen-bond donors (Lipinski definition) is 2. The lowest BCUT2D eigenvalue weighted by molar-refractivity contribution is -0.122. The van der Waals surface area contributed by atoms with E-state index in [0.717, 1.165) is 0 Å². The molecule has 0 aliphatic rings. The molecule has 0 unspecified atom stereocenters. The number of alkyl halides is 1. The highest BCUT2D eigenvalue weighted by Gasteiger charge is 2.47. The van der Waals surface area contributed by atoms with E-state index >= 15 is 0 Å². The van der Waals surface area contributed by atoms with Crippen LogP contribution < -0.4 is 11.1 Å². The minimum absolute atomic E-state index is 0.375. The van der Waals surface area contributed by atoms with Crippen molar-refractivity contribution in [1.82, 2.24) is 5.32 Å². The summed E-state index contributed by atoms with van der Waals surface area (Å²) in [6, 6.07) is -0.814. The summed E-state index contributed by atoms with van der Waals surface area (Å²) in [5, 5.41) is 2.04. The lowest BCUT2D eigenvalue weighted by atomic mass is 9.52. The van der Waals surface area contributed by atoms with Crippen molar-refractivity contribution in [2.24, 2.45) is 16.6 Å². The average Bonchev–Trinajstić information content (AvgIpc) is 3.32. The quantitative estimate of drug-likeness (QED) is 0.0471. The van der Waals surface area contributed by atoms with Crippen molar-refractivity contribution in [3.8, 4) is 0 Å². The zero-order chi connectivity index (χ0) is 49.3. The van der Waals surface area contributed by atoms with Gasteiger partial charge in [0.25, 0.3) is 0 Å². The Morgan fingerprint density at radius 1 is 0.318 bits per heavy atom. The molecule has 3 N–H and O–H groups in total. The Bertz CT molecular complexity index is 941. The Morgan fingerprint density at radius 3 is 0.697 bits per heavy atom. The molecule has 0 aromatic rings.